The van der Waals surface area contributed by atoms with Crippen LogP contribution in [0.15, 0.2) is 23.2 Å². The number of nitrogens with two attached hydrogens (primary N) is 1. The predicted molar refractivity (Wildman–Crippen MR) is 103 cm³/mol. The predicted octanol–water partition coefficient (Wildman–Crippen LogP) is 2.18. The average Bonchev–Trinajstić information content (AvgIpc) is 3.14. The molecule has 0 radical (unpaired) electrons. The van der Waals surface area contributed by atoms with Crippen LogP contribution in [0, 0.1) is 11.8 Å². The zero-order valence-electron chi connectivity index (χ0n) is 15.5. The molecule has 3 rings (SSSR count). The molecule has 0 bridgehead atoms. The topological polar surface area (TPSA) is 90.1 Å². The maximum Gasteiger partial charge on any atom is 0.231 e. The van der Waals surface area contributed by atoms with E-state index in [2.05, 4.69) is 10.6 Å². The fraction of sp³-hybridized carbons (Fsp3) is 0.632. The summed E-state index contributed by atoms with van der Waals surface area (Å²) in [5, 5.41) is 6.67. The molecule has 1 heterocycles. The van der Waals surface area contributed by atoms with E-state index in [1.807, 2.05) is 18.2 Å². The molecule has 4 N–H and O–H groups in total. The molecule has 0 aromatic heterocycles. The Kier molecular flexibility index (Phi) is 6.96. The lowest BCUT2D eigenvalue weighted by molar-refractivity contribution is 0.174. The van der Waals surface area contributed by atoms with Crippen LogP contribution in [0.2, 0.25) is 0 Å². The van der Waals surface area contributed by atoms with Crippen molar-refractivity contribution >= 4 is 11.6 Å². The SMILES string of the molecule is COCCNC(=NCC1CCCC(CN)C1)Nc1ccc2c(c1)OCO2. The van der Waals surface area contributed by atoms with Gasteiger partial charge in [0.15, 0.2) is 17.5 Å². The first-order valence-corrected chi connectivity index (χ1v) is 9.42. The molecule has 2 unspecified atom stereocenters. The smallest absolute Gasteiger partial charge is 0.231 e. The maximum absolute atomic E-state index is 5.85. The van der Waals surface area contributed by atoms with Crippen LogP contribution in [0.5, 0.6) is 11.5 Å². The number of ether oxygens (including phenoxy) is 3. The van der Waals surface area contributed by atoms with E-state index >= 15 is 0 Å². The maximum atomic E-state index is 5.85. The number of nitrogens with one attached hydrogen (secondary N) is 2. The summed E-state index contributed by atoms with van der Waals surface area (Å²) < 4.78 is 15.9. The number of aliphatic imine (C=N–C) groups is 1. The average molecular weight is 362 g/mol. The van der Waals surface area contributed by atoms with E-state index in [-0.39, 0.29) is 6.79 Å². The van der Waals surface area contributed by atoms with Gasteiger partial charge in [0.05, 0.1) is 6.61 Å². The number of nitrogens with zero attached hydrogens (tertiary/aromatic N) is 1. The van der Waals surface area contributed by atoms with Crippen molar-refractivity contribution in [1.82, 2.24) is 5.32 Å². The van der Waals surface area contributed by atoms with Gasteiger partial charge in [-0.25, -0.2) is 0 Å². The molecule has 7 nitrogen and oxygen atoms in total. The molecule has 1 aliphatic carbocycles. The molecule has 0 saturated heterocycles. The molecular formula is C19H30N4O3. The standard InChI is InChI=1S/C19H30N4O3/c1-24-8-7-21-19(22-12-15-4-2-3-14(9-15)11-20)23-16-5-6-17-18(10-16)26-13-25-17/h5-6,10,14-15H,2-4,7-9,11-13,20H2,1H3,(H2,21,22,23). The number of hydrogen-bond acceptors (Lipinski definition) is 5. The summed E-state index contributed by atoms with van der Waals surface area (Å²) in [4.78, 5) is 4.80. The van der Waals surface area contributed by atoms with Crippen LogP contribution in [0.25, 0.3) is 0 Å². The molecule has 1 aromatic rings. The molecule has 1 fully saturated rings. The Hall–Kier alpha value is -1.99. The summed E-state index contributed by atoms with van der Waals surface area (Å²) in [6, 6.07) is 5.80. The van der Waals surface area contributed by atoms with Gasteiger partial charge >= 0.3 is 0 Å². The highest BCUT2D eigenvalue weighted by molar-refractivity contribution is 5.94. The number of hydrogen-bond donors (Lipinski definition) is 3. The van der Waals surface area contributed by atoms with Gasteiger partial charge in [-0.15, -0.1) is 0 Å². The third kappa shape index (κ3) is 5.25. The van der Waals surface area contributed by atoms with E-state index < -0.39 is 0 Å². The van der Waals surface area contributed by atoms with Crippen molar-refractivity contribution in [1.29, 1.82) is 0 Å². The van der Waals surface area contributed by atoms with Gasteiger partial charge in [-0.05, 0) is 49.8 Å². The summed E-state index contributed by atoms with van der Waals surface area (Å²) >= 11 is 0. The van der Waals surface area contributed by atoms with Gasteiger partial charge in [0.25, 0.3) is 0 Å². The van der Waals surface area contributed by atoms with Crippen molar-refractivity contribution in [3.8, 4) is 11.5 Å². The van der Waals surface area contributed by atoms with Crippen LogP contribution in [0.4, 0.5) is 5.69 Å². The number of rotatable bonds is 7. The summed E-state index contributed by atoms with van der Waals surface area (Å²) in [5.41, 5.74) is 6.77. The third-order valence-electron chi connectivity index (χ3n) is 4.97. The minimum absolute atomic E-state index is 0.274. The first-order chi connectivity index (χ1) is 12.8. The van der Waals surface area contributed by atoms with Gasteiger partial charge in [-0.2, -0.15) is 0 Å². The largest absolute Gasteiger partial charge is 0.454 e. The highest BCUT2D eigenvalue weighted by Crippen LogP contribution is 2.34. The van der Waals surface area contributed by atoms with Crippen LogP contribution in [0.3, 0.4) is 0 Å². The highest BCUT2D eigenvalue weighted by Gasteiger charge is 2.21. The molecule has 144 valence electrons. The highest BCUT2D eigenvalue weighted by atomic mass is 16.7. The molecule has 26 heavy (non-hydrogen) atoms. The van der Waals surface area contributed by atoms with E-state index in [0.717, 1.165) is 36.2 Å². The Labute approximate surface area is 155 Å². The summed E-state index contributed by atoms with van der Waals surface area (Å²) in [5.74, 6) is 3.54. The number of methoxy groups -OCH3 is 1. The molecule has 7 heteroatoms. The van der Waals surface area contributed by atoms with E-state index in [1.54, 1.807) is 7.11 Å². The van der Waals surface area contributed by atoms with Crippen LogP contribution >= 0.6 is 0 Å². The van der Waals surface area contributed by atoms with Gasteiger partial charge < -0.3 is 30.6 Å². The normalized spacial score (nSPS) is 22.3. The van der Waals surface area contributed by atoms with Crippen LogP contribution < -0.4 is 25.8 Å². The molecule has 2 aliphatic rings. The van der Waals surface area contributed by atoms with Crippen molar-refractivity contribution in [2.24, 2.45) is 22.6 Å². The Morgan fingerprint density at radius 1 is 1.27 bits per heavy atom. The molecule has 1 aliphatic heterocycles. The minimum atomic E-state index is 0.274. The molecule has 1 aromatic carbocycles. The molecule has 2 atom stereocenters. The van der Waals surface area contributed by atoms with Crippen LogP contribution in [-0.2, 0) is 4.74 Å². The van der Waals surface area contributed by atoms with E-state index in [1.165, 1.54) is 25.7 Å². The number of benzene rings is 1. The summed E-state index contributed by atoms with van der Waals surface area (Å²) in [6.07, 6.45) is 4.92. The van der Waals surface area contributed by atoms with Crippen molar-refractivity contribution in [2.45, 2.75) is 25.7 Å². The van der Waals surface area contributed by atoms with E-state index in [4.69, 9.17) is 24.9 Å². The fourth-order valence-electron chi connectivity index (χ4n) is 3.52. The number of guanidine groups is 1. The lowest BCUT2D eigenvalue weighted by Gasteiger charge is -2.27. The van der Waals surface area contributed by atoms with Crippen molar-refractivity contribution in [3.63, 3.8) is 0 Å². The molecule has 0 amide bonds. The first-order valence-electron chi connectivity index (χ1n) is 9.42. The van der Waals surface area contributed by atoms with Gasteiger partial charge in [-0.1, -0.05) is 6.42 Å². The Balaban J connectivity index is 1.62. The summed E-state index contributed by atoms with van der Waals surface area (Å²) in [7, 11) is 1.69. The van der Waals surface area contributed by atoms with Gasteiger partial charge in [0.1, 0.15) is 0 Å². The van der Waals surface area contributed by atoms with Crippen LogP contribution in [-0.4, -0.2) is 46.1 Å². The van der Waals surface area contributed by atoms with Gasteiger partial charge in [-0.3, -0.25) is 4.99 Å². The molecular weight excluding hydrogens is 332 g/mol. The monoisotopic (exact) mass is 362 g/mol. The zero-order chi connectivity index (χ0) is 18.2. The first kappa shape index (κ1) is 18.8. The molecule has 0 spiro atoms. The second kappa shape index (κ2) is 9.64. The second-order valence-corrected chi connectivity index (χ2v) is 6.94. The lowest BCUT2D eigenvalue weighted by atomic mass is 9.81. The van der Waals surface area contributed by atoms with Crippen molar-refractivity contribution in [2.75, 3.05) is 45.5 Å². The zero-order valence-corrected chi connectivity index (χ0v) is 15.5. The van der Waals surface area contributed by atoms with Gasteiger partial charge in [0, 0.05) is 32.0 Å². The molecule has 1 saturated carbocycles. The van der Waals surface area contributed by atoms with Crippen LogP contribution in [0.1, 0.15) is 25.7 Å². The quantitative estimate of drug-likeness (QED) is 0.391. The summed E-state index contributed by atoms with van der Waals surface area (Å²) in [6.45, 7) is 3.19. The minimum Gasteiger partial charge on any atom is -0.454 e. The number of anilines is 1. The van der Waals surface area contributed by atoms with Crippen molar-refractivity contribution in [3.05, 3.63) is 18.2 Å². The van der Waals surface area contributed by atoms with Crippen molar-refractivity contribution < 1.29 is 14.2 Å². The fourth-order valence-corrected chi connectivity index (χ4v) is 3.52. The Morgan fingerprint density at radius 3 is 2.96 bits per heavy atom. The third-order valence-corrected chi connectivity index (χ3v) is 4.97. The second-order valence-electron chi connectivity index (χ2n) is 6.94. The Morgan fingerprint density at radius 2 is 2.12 bits per heavy atom. The van der Waals surface area contributed by atoms with E-state index in [9.17, 15) is 0 Å². The van der Waals surface area contributed by atoms with E-state index in [0.29, 0.717) is 25.0 Å². The van der Waals surface area contributed by atoms with Gasteiger partial charge in [0.2, 0.25) is 6.79 Å². The number of fused-ring (bicyclic) bond motifs is 1. The lowest BCUT2D eigenvalue weighted by Crippen LogP contribution is -2.34. The Bertz CT molecular complexity index is 608.